The smallest absolute Gasteiger partial charge is 0.175 e. The Labute approximate surface area is 114 Å². The van der Waals surface area contributed by atoms with Gasteiger partial charge < -0.3 is 9.84 Å². The van der Waals surface area contributed by atoms with Crippen molar-refractivity contribution in [2.45, 2.75) is 42.6 Å². The van der Waals surface area contributed by atoms with Crippen LogP contribution in [-0.4, -0.2) is 32.0 Å². The zero-order chi connectivity index (χ0) is 13.9. The second kappa shape index (κ2) is 5.51. The Kier molecular flexibility index (Phi) is 4.16. The minimum absolute atomic E-state index is 0.269. The zero-order valence-corrected chi connectivity index (χ0v) is 11.9. The lowest BCUT2D eigenvalue weighted by atomic mass is 9.85. The van der Waals surface area contributed by atoms with Gasteiger partial charge in [0.15, 0.2) is 9.84 Å². The fraction of sp³-hybridized carbons (Fsp3) is 0.571. The number of ether oxygens (including phenoxy) is 1. The molecule has 0 spiro atoms. The Hall–Kier alpha value is -1.07. The highest BCUT2D eigenvalue weighted by molar-refractivity contribution is 7.90. The molecule has 106 valence electrons. The molecule has 2 rings (SSSR count). The molecule has 0 unspecified atom stereocenters. The van der Waals surface area contributed by atoms with Crippen LogP contribution in [0.2, 0.25) is 0 Å². The van der Waals surface area contributed by atoms with Crippen LogP contribution in [0.1, 0.15) is 32.1 Å². The topological polar surface area (TPSA) is 63.6 Å². The zero-order valence-electron chi connectivity index (χ0n) is 11.1. The molecule has 1 aromatic rings. The van der Waals surface area contributed by atoms with Crippen LogP contribution in [0.5, 0.6) is 5.75 Å². The number of benzene rings is 1. The van der Waals surface area contributed by atoms with Gasteiger partial charge in [0.25, 0.3) is 0 Å². The lowest BCUT2D eigenvalue weighted by Gasteiger charge is -2.31. The number of sulfone groups is 1. The lowest BCUT2D eigenvalue weighted by molar-refractivity contribution is -0.0339. The van der Waals surface area contributed by atoms with Gasteiger partial charge in [-0.15, -0.1) is 0 Å². The molecule has 0 atom stereocenters. The van der Waals surface area contributed by atoms with Gasteiger partial charge in [0.05, 0.1) is 10.5 Å². The van der Waals surface area contributed by atoms with E-state index in [1.165, 1.54) is 24.8 Å². The molecule has 0 heterocycles. The third-order valence-electron chi connectivity index (χ3n) is 3.54. The van der Waals surface area contributed by atoms with Crippen molar-refractivity contribution >= 4 is 9.84 Å². The van der Waals surface area contributed by atoms with E-state index < -0.39 is 15.4 Å². The largest absolute Gasteiger partial charge is 0.491 e. The maximum atomic E-state index is 11.3. The molecule has 0 aromatic heterocycles. The third-order valence-corrected chi connectivity index (χ3v) is 4.67. The van der Waals surface area contributed by atoms with Gasteiger partial charge in [-0.1, -0.05) is 19.3 Å². The molecule has 1 aliphatic rings. The molecule has 0 bridgehead atoms. The van der Waals surface area contributed by atoms with Crippen molar-refractivity contribution in [3.63, 3.8) is 0 Å². The second-order valence-electron chi connectivity index (χ2n) is 5.32. The third kappa shape index (κ3) is 3.94. The summed E-state index contributed by atoms with van der Waals surface area (Å²) in [6, 6.07) is 6.30. The quantitative estimate of drug-likeness (QED) is 0.920. The maximum Gasteiger partial charge on any atom is 0.175 e. The summed E-state index contributed by atoms with van der Waals surface area (Å²) in [6.45, 7) is 0.269. The Morgan fingerprint density at radius 1 is 1.16 bits per heavy atom. The molecular formula is C14H20O4S. The molecule has 5 heteroatoms. The van der Waals surface area contributed by atoms with Crippen molar-refractivity contribution in [1.82, 2.24) is 0 Å². The first-order chi connectivity index (χ1) is 8.89. The molecule has 1 fully saturated rings. The summed E-state index contributed by atoms with van der Waals surface area (Å²) < 4.78 is 28.2. The highest BCUT2D eigenvalue weighted by Gasteiger charge is 2.29. The molecular weight excluding hydrogens is 264 g/mol. The standard InChI is InChI=1S/C14H20O4S/c1-19(16,17)13-7-5-12(6-8-13)18-11-14(15)9-3-2-4-10-14/h5-8,15H,2-4,9-11H2,1H3. The summed E-state index contributed by atoms with van der Waals surface area (Å²) in [6.07, 6.45) is 5.96. The predicted molar refractivity (Wildman–Crippen MR) is 73.1 cm³/mol. The molecule has 0 saturated heterocycles. The first kappa shape index (κ1) is 14.3. The average molecular weight is 284 g/mol. The van der Waals surface area contributed by atoms with Crippen molar-refractivity contribution < 1.29 is 18.3 Å². The van der Waals surface area contributed by atoms with Gasteiger partial charge in [-0.25, -0.2) is 8.42 Å². The molecule has 4 nitrogen and oxygen atoms in total. The van der Waals surface area contributed by atoms with E-state index in [9.17, 15) is 13.5 Å². The molecule has 1 N–H and O–H groups in total. The fourth-order valence-electron chi connectivity index (χ4n) is 2.35. The number of aliphatic hydroxyl groups is 1. The van der Waals surface area contributed by atoms with Crippen LogP contribution in [0.4, 0.5) is 0 Å². The van der Waals surface area contributed by atoms with Gasteiger partial charge in [0, 0.05) is 6.26 Å². The van der Waals surface area contributed by atoms with Crippen LogP contribution in [0, 0.1) is 0 Å². The van der Waals surface area contributed by atoms with Crippen LogP contribution < -0.4 is 4.74 Å². The van der Waals surface area contributed by atoms with E-state index in [2.05, 4.69) is 0 Å². The summed E-state index contributed by atoms with van der Waals surface area (Å²) in [7, 11) is -3.17. The van der Waals surface area contributed by atoms with Gasteiger partial charge >= 0.3 is 0 Å². The van der Waals surface area contributed by atoms with Gasteiger partial charge in [0.1, 0.15) is 12.4 Å². The first-order valence-corrected chi connectivity index (χ1v) is 8.44. The van der Waals surface area contributed by atoms with E-state index in [0.717, 1.165) is 25.7 Å². The van der Waals surface area contributed by atoms with Crippen LogP contribution in [0.25, 0.3) is 0 Å². The second-order valence-corrected chi connectivity index (χ2v) is 7.33. The molecule has 0 aliphatic heterocycles. The van der Waals surface area contributed by atoms with Gasteiger partial charge in [-0.05, 0) is 37.1 Å². The summed E-state index contributed by atoms with van der Waals surface area (Å²) in [5.41, 5.74) is -0.728. The molecule has 1 aromatic carbocycles. The van der Waals surface area contributed by atoms with Crippen molar-refractivity contribution in [2.75, 3.05) is 12.9 Å². The molecule has 0 radical (unpaired) electrons. The highest BCUT2D eigenvalue weighted by Crippen LogP contribution is 2.29. The minimum Gasteiger partial charge on any atom is -0.491 e. The minimum atomic E-state index is -3.17. The van der Waals surface area contributed by atoms with Crippen LogP contribution in [0.3, 0.4) is 0 Å². The summed E-state index contributed by atoms with van der Waals surface area (Å²) >= 11 is 0. The Balaban J connectivity index is 1.96. The van der Waals surface area contributed by atoms with Crippen LogP contribution in [-0.2, 0) is 9.84 Å². The van der Waals surface area contributed by atoms with Crippen molar-refractivity contribution in [3.05, 3.63) is 24.3 Å². The van der Waals surface area contributed by atoms with Gasteiger partial charge in [-0.2, -0.15) is 0 Å². The summed E-state index contributed by atoms with van der Waals surface area (Å²) in [5, 5.41) is 10.3. The lowest BCUT2D eigenvalue weighted by Crippen LogP contribution is -2.37. The van der Waals surface area contributed by atoms with Gasteiger partial charge in [-0.3, -0.25) is 0 Å². The van der Waals surface area contributed by atoms with Crippen molar-refractivity contribution in [2.24, 2.45) is 0 Å². The number of hydrogen-bond donors (Lipinski definition) is 1. The van der Waals surface area contributed by atoms with E-state index in [-0.39, 0.29) is 11.5 Å². The van der Waals surface area contributed by atoms with E-state index >= 15 is 0 Å². The monoisotopic (exact) mass is 284 g/mol. The summed E-state index contributed by atoms with van der Waals surface area (Å²) in [5.74, 6) is 0.589. The average Bonchev–Trinajstić information content (AvgIpc) is 2.37. The summed E-state index contributed by atoms with van der Waals surface area (Å²) in [4.78, 5) is 0.274. The fourth-order valence-corrected chi connectivity index (χ4v) is 2.99. The van der Waals surface area contributed by atoms with Crippen molar-refractivity contribution in [1.29, 1.82) is 0 Å². The molecule has 0 amide bonds. The molecule has 19 heavy (non-hydrogen) atoms. The Morgan fingerprint density at radius 3 is 2.26 bits per heavy atom. The Morgan fingerprint density at radius 2 is 1.74 bits per heavy atom. The van der Waals surface area contributed by atoms with E-state index in [1.807, 2.05) is 0 Å². The van der Waals surface area contributed by atoms with E-state index in [1.54, 1.807) is 12.1 Å². The Bertz CT molecular complexity index is 513. The highest BCUT2D eigenvalue weighted by atomic mass is 32.2. The van der Waals surface area contributed by atoms with Crippen LogP contribution >= 0.6 is 0 Å². The van der Waals surface area contributed by atoms with Crippen molar-refractivity contribution in [3.8, 4) is 5.75 Å². The van der Waals surface area contributed by atoms with Crippen LogP contribution in [0.15, 0.2) is 29.2 Å². The molecule has 1 saturated carbocycles. The predicted octanol–water partition coefficient (Wildman–Crippen LogP) is 2.16. The van der Waals surface area contributed by atoms with E-state index in [0.29, 0.717) is 5.75 Å². The first-order valence-electron chi connectivity index (χ1n) is 6.54. The SMILES string of the molecule is CS(=O)(=O)c1ccc(OCC2(O)CCCCC2)cc1. The maximum absolute atomic E-state index is 11.3. The van der Waals surface area contributed by atoms with E-state index in [4.69, 9.17) is 4.74 Å². The number of hydrogen-bond acceptors (Lipinski definition) is 4. The van der Waals surface area contributed by atoms with Gasteiger partial charge in [0.2, 0.25) is 0 Å². The normalized spacial score (nSPS) is 19.1. The number of rotatable bonds is 4. The molecule has 1 aliphatic carbocycles.